The third kappa shape index (κ3) is 4.35. The lowest BCUT2D eigenvalue weighted by atomic mass is 9.88. The molecule has 1 N–H and O–H groups in total. The minimum atomic E-state index is -0.167. The highest BCUT2D eigenvalue weighted by Gasteiger charge is 2.32. The number of carbonyl (C=O) groups is 1. The topological polar surface area (TPSA) is 38.3 Å². The lowest BCUT2D eigenvalue weighted by molar-refractivity contribution is -0.135. The Bertz CT molecular complexity index is 414. The van der Waals surface area contributed by atoms with E-state index in [1.807, 2.05) is 18.2 Å². The molecule has 19 heavy (non-hydrogen) atoms. The fourth-order valence-electron chi connectivity index (χ4n) is 2.57. The molecule has 1 aliphatic rings. The maximum atomic E-state index is 12.1. The molecule has 1 aromatic rings. The van der Waals surface area contributed by atoms with Crippen LogP contribution in [0, 0.1) is 5.92 Å². The summed E-state index contributed by atoms with van der Waals surface area (Å²) < 4.78 is 5.64. The summed E-state index contributed by atoms with van der Waals surface area (Å²) in [6.45, 7) is 5.50. The molecular formula is C16H23NO2. The Kier molecular flexibility index (Phi) is 4.59. The van der Waals surface area contributed by atoms with Crippen LogP contribution in [0.15, 0.2) is 30.3 Å². The molecule has 0 saturated carbocycles. The molecule has 1 heterocycles. The predicted octanol–water partition coefficient (Wildman–Crippen LogP) is 2.55. The first-order chi connectivity index (χ1) is 9.07. The maximum absolute atomic E-state index is 12.1. The van der Waals surface area contributed by atoms with Gasteiger partial charge in [-0.15, -0.1) is 0 Å². The van der Waals surface area contributed by atoms with Crippen LogP contribution in [0.3, 0.4) is 0 Å². The zero-order chi connectivity index (χ0) is 13.7. The Morgan fingerprint density at radius 3 is 2.79 bits per heavy atom. The Morgan fingerprint density at radius 2 is 2.11 bits per heavy atom. The van der Waals surface area contributed by atoms with E-state index in [1.54, 1.807) is 0 Å². The lowest BCUT2D eigenvalue weighted by Crippen LogP contribution is -2.41. The summed E-state index contributed by atoms with van der Waals surface area (Å²) in [6.07, 6.45) is 2.53. The van der Waals surface area contributed by atoms with Crippen LogP contribution in [0.4, 0.5) is 0 Å². The van der Waals surface area contributed by atoms with Crippen molar-refractivity contribution < 1.29 is 9.53 Å². The smallest absolute Gasteiger partial charge is 0.223 e. The number of carbonyl (C=O) groups excluding carboxylic acids is 1. The molecule has 0 unspecified atom stereocenters. The number of hydrogen-bond donors (Lipinski definition) is 1. The summed E-state index contributed by atoms with van der Waals surface area (Å²) in [6, 6.07) is 10.2. The SMILES string of the molecule is CC1(C)C[C@H](C(=O)NCCc2ccccc2)CCO1. The molecule has 1 saturated heterocycles. The number of rotatable bonds is 4. The zero-order valence-corrected chi connectivity index (χ0v) is 11.8. The fraction of sp³-hybridized carbons (Fsp3) is 0.562. The molecule has 3 heteroatoms. The van der Waals surface area contributed by atoms with Crippen LogP contribution < -0.4 is 5.32 Å². The van der Waals surface area contributed by atoms with Crippen molar-refractivity contribution in [2.75, 3.05) is 13.2 Å². The predicted molar refractivity (Wildman–Crippen MR) is 75.9 cm³/mol. The number of ether oxygens (including phenoxy) is 1. The summed E-state index contributed by atoms with van der Waals surface area (Å²) in [5.41, 5.74) is 1.09. The van der Waals surface area contributed by atoms with E-state index in [1.165, 1.54) is 5.56 Å². The molecular weight excluding hydrogens is 238 g/mol. The molecule has 0 radical (unpaired) electrons. The molecule has 1 aromatic carbocycles. The monoisotopic (exact) mass is 261 g/mol. The van der Waals surface area contributed by atoms with Gasteiger partial charge in [-0.25, -0.2) is 0 Å². The van der Waals surface area contributed by atoms with Crippen molar-refractivity contribution in [1.82, 2.24) is 5.32 Å². The van der Waals surface area contributed by atoms with E-state index in [0.29, 0.717) is 13.2 Å². The number of hydrogen-bond acceptors (Lipinski definition) is 2. The minimum Gasteiger partial charge on any atom is -0.376 e. The van der Waals surface area contributed by atoms with Crippen molar-refractivity contribution in [3.63, 3.8) is 0 Å². The van der Waals surface area contributed by atoms with Crippen LogP contribution in [0.1, 0.15) is 32.3 Å². The maximum Gasteiger partial charge on any atom is 0.223 e. The minimum absolute atomic E-state index is 0.0968. The van der Waals surface area contributed by atoms with E-state index < -0.39 is 0 Å². The molecule has 0 bridgehead atoms. The molecule has 104 valence electrons. The second-order valence-electron chi connectivity index (χ2n) is 5.82. The molecule has 0 aliphatic carbocycles. The van der Waals surface area contributed by atoms with Crippen LogP contribution in [0.2, 0.25) is 0 Å². The molecule has 1 atom stereocenters. The van der Waals surface area contributed by atoms with E-state index in [4.69, 9.17) is 4.74 Å². The largest absolute Gasteiger partial charge is 0.376 e. The zero-order valence-electron chi connectivity index (χ0n) is 11.8. The van der Waals surface area contributed by atoms with Gasteiger partial charge in [0.2, 0.25) is 5.91 Å². The van der Waals surface area contributed by atoms with Gasteiger partial charge in [-0.2, -0.15) is 0 Å². The highest BCUT2D eigenvalue weighted by atomic mass is 16.5. The molecule has 2 rings (SSSR count). The molecule has 0 spiro atoms. The average molecular weight is 261 g/mol. The summed E-state index contributed by atoms with van der Waals surface area (Å²) in [5, 5.41) is 3.04. The van der Waals surface area contributed by atoms with Gasteiger partial charge in [-0.3, -0.25) is 4.79 Å². The van der Waals surface area contributed by atoms with E-state index >= 15 is 0 Å². The van der Waals surface area contributed by atoms with Crippen molar-refractivity contribution in [3.05, 3.63) is 35.9 Å². The van der Waals surface area contributed by atoms with Gasteiger partial charge in [-0.1, -0.05) is 30.3 Å². The summed E-state index contributed by atoms with van der Waals surface area (Å²) >= 11 is 0. The van der Waals surface area contributed by atoms with Crippen molar-refractivity contribution in [3.8, 4) is 0 Å². The number of nitrogens with one attached hydrogen (secondary N) is 1. The fourth-order valence-corrected chi connectivity index (χ4v) is 2.57. The Balaban J connectivity index is 1.75. The summed E-state index contributed by atoms with van der Waals surface area (Å²) in [7, 11) is 0. The Hall–Kier alpha value is -1.35. The Labute approximate surface area is 115 Å². The lowest BCUT2D eigenvalue weighted by Gasteiger charge is -2.34. The van der Waals surface area contributed by atoms with Gasteiger partial charge < -0.3 is 10.1 Å². The highest BCUT2D eigenvalue weighted by Crippen LogP contribution is 2.28. The van der Waals surface area contributed by atoms with Gasteiger partial charge in [0.25, 0.3) is 0 Å². The summed E-state index contributed by atoms with van der Waals surface area (Å²) in [5.74, 6) is 0.270. The van der Waals surface area contributed by atoms with Crippen LogP contribution in [-0.2, 0) is 16.0 Å². The molecule has 0 aromatic heterocycles. The summed E-state index contributed by atoms with van der Waals surface area (Å²) in [4.78, 5) is 12.1. The van der Waals surface area contributed by atoms with E-state index in [0.717, 1.165) is 19.3 Å². The quantitative estimate of drug-likeness (QED) is 0.904. The van der Waals surface area contributed by atoms with Crippen LogP contribution in [0.25, 0.3) is 0 Å². The standard InChI is InChI=1S/C16H23NO2/c1-16(2)12-14(9-11-19-16)15(18)17-10-8-13-6-4-3-5-7-13/h3-7,14H,8-12H2,1-2H3,(H,17,18)/t14-/m1/s1. The third-order valence-corrected chi connectivity index (χ3v) is 3.62. The van der Waals surface area contributed by atoms with Gasteiger partial charge in [0.05, 0.1) is 5.60 Å². The van der Waals surface area contributed by atoms with Gasteiger partial charge in [-0.05, 0) is 38.7 Å². The second kappa shape index (κ2) is 6.20. The normalized spacial score (nSPS) is 21.9. The van der Waals surface area contributed by atoms with Crippen LogP contribution >= 0.6 is 0 Å². The van der Waals surface area contributed by atoms with Gasteiger partial charge in [0.15, 0.2) is 0 Å². The number of benzene rings is 1. The van der Waals surface area contributed by atoms with E-state index in [2.05, 4.69) is 31.3 Å². The van der Waals surface area contributed by atoms with Crippen molar-refractivity contribution >= 4 is 5.91 Å². The second-order valence-corrected chi connectivity index (χ2v) is 5.82. The van der Waals surface area contributed by atoms with E-state index in [-0.39, 0.29) is 17.4 Å². The van der Waals surface area contributed by atoms with Gasteiger partial charge in [0, 0.05) is 19.1 Å². The molecule has 1 fully saturated rings. The van der Waals surface area contributed by atoms with Crippen molar-refractivity contribution in [1.29, 1.82) is 0 Å². The third-order valence-electron chi connectivity index (χ3n) is 3.62. The molecule has 1 amide bonds. The van der Waals surface area contributed by atoms with Crippen molar-refractivity contribution in [2.45, 2.75) is 38.7 Å². The highest BCUT2D eigenvalue weighted by molar-refractivity contribution is 5.78. The van der Waals surface area contributed by atoms with Crippen LogP contribution in [-0.4, -0.2) is 24.7 Å². The first-order valence-corrected chi connectivity index (χ1v) is 7.02. The van der Waals surface area contributed by atoms with E-state index in [9.17, 15) is 4.79 Å². The first kappa shape index (κ1) is 14.1. The first-order valence-electron chi connectivity index (χ1n) is 7.02. The van der Waals surface area contributed by atoms with Gasteiger partial charge >= 0.3 is 0 Å². The average Bonchev–Trinajstić information content (AvgIpc) is 2.38. The number of amides is 1. The molecule has 1 aliphatic heterocycles. The van der Waals surface area contributed by atoms with Crippen molar-refractivity contribution in [2.24, 2.45) is 5.92 Å². The molecule has 3 nitrogen and oxygen atoms in total. The van der Waals surface area contributed by atoms with Crippen LogP contribution in [0.5, 0.6) is 0 Å². The Morgan fingerprint density at radius 1 is 1.37 bits per heavy atom. The van der Waals surface area contributed by atoms with Gasteiger partial charge in [0.1, 0.15) is 0 Å².